The number of anilines is 1. The Labute approximate surface area is 202 Å². The van der Waals surface area contributed by atoms with E-state index in [4.69, 9.17) is 19.9 Å². The Hall–Kier alpha value is -2.59. The normalized spacial score (nSPS) is 15.5. The smallest absolute Gasteiger partial charge is 0.410 e. The van der Waals surface area contributed by atoms with Gasteiger partial charge in [-0.3, -0.25) is 4.57 Å². The molecule has 1 amide bonds. The zero-order valence-electron chi connectivity index (χ0n) is 21.2. The number of nitrogens with zero attached hydrogens (tertiary/aromatic N) is 3. The SMILES string of the molecule is CC(C)(C)OC(=O)N1CCC(OC(=O)c2c(N)n(COCC[Si](C)(C)C)c3ncccc23)CC1. The first-order chi connectivity index (χ1) is 15.9. The molecule has 0 bridgehead atoms. The highest BCUT2D eigenvalue weighted by Gasteiger charge is 2.30. The molecule has 0 aromatic carbocycles. The third-order valence-electron chi connectivity index (χ3n) is 5.65. The summed E-state index contributed by atoms with van der Waals surface area (Å²) in [5.41, 5.74) is 6.76. The summed E-state index contributed by atoms with van der Waals surface area (Å²) in [5, 5.41) is 0.644. The minimum absolute atomic E-state index is 0.228. The van der Waals surface area contributed by atoms with E-state index in [1.807, 2.05) is 26.8 Å². The number of nitrogen functional groups attached to an aromatic ring is 1. The molecule has 0 saturated carbocycles. The molecule has 2 aromatic rings. The van der Waals surface area contributed by atoms with Gasteiger partial charge in [0.15, 0.2) is 0 Å². The topological polar surface area (TPSA) is 109 Å². The van der Waals surface area contributed by atoms with Crippen LogP contribution in [0.15, 0.2) is 18.3 Å². The van der Waals surface area contributed by atoms with Crippen molar-refractivity contribution in [3.8, 4) is 0 Å². The molecular weight excluding hydrogens is 452 g/mol. The molecule has 188 valence electrons. The van der Waals surface area contributed by atoms with Crippen molar-refractivity contribution in [1.29, 1.82) is 0 Å². The largest absolute Gasteiger partial charge is 0.459 e. The highest BCUT2D eigenvalue weighted by molar-refractivity contribution is 6.76. The average molecular weight is 491 g/mol. The number of carbonyl (C=O) groups excluding carboxylic acids is 2. The molecule has 9 nitrogen and oxygen atoms in total. The van der Waals surface area contributed by atoms with Crippen LogP contribution in [0, 0.1) is 0 Å². The number of hydrogen-bond acceptors (Lipinski definition) is 7. The minimum Gasteiger partial charge on any atom is -0.459 e. The first-order valence-corrected chi connectivity index (χ1v) is 15.6. The van der Waals surface area contributed by atoms with Crippen molar-refractivity contribution in [2.75, 3.05) is 25.4 Å². The van der Waals surface area contributed by atoms with E-state index in [-0.39, 0.29) is 24.7 Å². The minimum atomic E-state index is -1.21. The number of likely N-dealkylation sites (tertiary alicyclic amines) is 1. The quantitative estimate of drug-likeness (QED) is 0.346. The number of rotatable bonds is 7. The van der Waals surface area contributed by atoms with Gasteiger partial charge in [0.1, 0.15) is 35.5 Å². The van der Waals surface area contributed by atoms with Gasteiger partial charge in [0.05, 0.1) is 0 Å². The average Bonchev–Trinajstić information content (AvgIpc) is 3.01. The van der Waals surface area contributed by atoms with Crippen LogP contribution in [0.25, 0.3) is 11.0 Å². The summed E-state index contributed by atoms with van der Waals surface area (Å²) in [7, 11) is -1.21. The van der Waals surface area contributed by atoms with Gasteiger partial charge < -0.3 is 24.8 Å². The number of fused-ring (bicyclic) bond motifs is 1. The van der Waals surface area contributed by atoms with Crippen LogP contribution < -0.4 is 5.73 Å². The number of hydrogen-bond donors (Lipinski definition) is 1. The van der Waals surface area contributed by atoms with E-state index in [9.17, 15) is 9.59 Å². The van der Waals surface area contributed by atoms with Crippen LogP contribution in [0.3, 0.4) is 0 Å². The monoisotopic (exact) mass is 490 g/mol. The van der Waals surface area contributed by atoms with Crippen LogP contribution in [0.4, 0.5) is 10.6 Å². The summed E-state index contributed by atoms with van der Waals surface area (Å²) >= 11 is 0. The molecule has 10 heteroatoms. The third kappa shape index (κ3) is 6.72. The molecule has 1 saturated heterocycles. The lowest BCUT2D eigenvalue weighted by Crippen LogP contribution is -2.43. The van der Waals surface area contributed by atoms with Crippen LogP contribution in [-0.4, -0.2) is 66.0 Å². The maximum Gasteiger partial charge on any atom is 0.410 e. The van der Waals surface area contributed by atoms with Gasteiger partial charge in [-0.05, 0) is 38.9 Å². The first-order valence-electron chi connectivity index (χ1n) is 11.8. The summed E-state index contributed by atoms with van der Waals surface area (Å²) < 4.78 is 18.8. The summed E-state index contributed by atoms with van der Waals surface area (Å²) in [6.07, 6.45) is 2.11. The molecule has 0 atom stereocenters. The van der Waals surface area contributed by atoms with E-state index >= 15 is 0 Å². The lowest BCUT2D eigenvalue weighted by atomic mass is 10.1. The second kappa shape index (κ2) is 10.3. The summed E-state index contributed by atoms with van der Waals surface area (Å²) in [4.78, 5) is 31.5. The highest BCUT2D eigenvalue weighted by Crippen LogP contribution is 2.29. The molecule has 0 unspecified atom stereocenters. The highest BCUT2D eigenvalue weighted by atomic mass is 28.3. The summed E-state index contributed by atoms with van der Waals surface area (Å²) in [6, 6.07) is 4.63. The molecule has 0 aliphatic carbocycles. The van der Waals surface area contributed by atoms with Crippen molar-refractivity contribution in [2.24, 2.45) is 0 Å². The van der Waals surface area contributed by atoms with Gasteiger partial charge >= 0.3 is 12.1 Å². The van der Waals surface area contributed by atoms with E-state index < -0.39 is 19.6 Å². The van der Waals surface area contributed by atoms with Crippen molar-refractivity contribution in [3.05, 3.63) is 23.9 Å². The number of amides is 1. The second-order valence-electron chi connectivity index (χ2n) is 11.0. The number of piperidine rings is 1. The number of esters is 1. The Morgan fingerprint density at radius 3 is 2.50 bits per heavy atom. The fraction of sp³-hybridized carbons (Fsp3) is 0.625. The second-order valence-corrected chi connectivity index (χ2v) is 16.6. The molecule has 34 heavy (non-hydrogen) atoms. The molecule has 3 heterocycles. The first kappa shape index (κ1) is 26.0. The molecule has 2 aromatic heterocycles. The number of aromatic nitrogens is 2. The molecule has 3 rings (SSSR count). The van der Waals surface area contributed by atoms with Crippen LogP contribution in [0.2, 0.25) is 25.7 Å². The third-order valence-corrected chi connectivity index (χ3v) is 7.35. The van der Waals surface area contributed by atoms with Crippen LogP contribution in [0.1, 0.15) is 44.0 Å². The van der Waals surface area contributed by atoms with Gasteiger partial charge in [-0.15, -0.1) is 0 Å². The van der Waals surface area contributed by atoms with Crippen LogP contribution in [0.5, 0.6) is 0 Å². The molecule has 1 aliphatic heterocycles. The van der Waals surface area contributed by atoms with E-state index in [1.54, 1.807) is 21.7 Å². The maximum absolute atomic E-state index is 13.1. The van der Waals surface area contributed by atoms with Gasteiger partial charge in [0.25, 0.3) is 0 Å². The molecule has 0 spiro atoms. The number of ether oxygens (including phenoxy) is 3. The van der Waals surface area contributed by atoms with Gasteiger partial charge in [0, 0.05) is 52.2 Å². The van der Waals surface area contributed by atoms with Gasteiger partial charge in [0.2, 0.25) is 0 Å². The van der Waals surface area contributed by atoms with Crippen molar-refractivity contribution in [2.45, 2.75) is 77.7 Å². The fourth-order valence-corrected chi connectivity index (χ4v) is 4.52. The van der Waals surface area contributed by atoms with Crippen molar-refractivity contribution in [1.82, 2.24) is 14.5 Å². The summed E-state index contributed by atoms with van der Waals surface area (Å²) in [5.74, 6) is -0.190. The molecular formula is C24H38N4O5Si. The number of carbonyl (C=O) groups is 2. The van der Waals surface area contributed by atoms with Crippen molar-refractivity contribution < 1.29 is 23.8 Å². The fourth-order valence-electron chi connectivity index (χ4n) is 3.77. The van der Waals surface area contributed by atoms with E-state index in [0.717, 1.165) is 6.04 Å². The molecule has 0 radical (unpaired) electrons. The zero-order chi connectivity index (χ0) is 25.1. The van der Waals surface area contributed by atoms with Gasteiger partial charge in [-0.1, -0.05) is 19.6 Å². The van der Waals surface area contributed by atoms with Gasteiger partial charge in [-0.25, -0.2) is 14.6 Å². The maximum atomic E-state index is 13.1. The standard InChI is InChI=1S/C24H38N4O5Si/c1-24(2,3)33-23(30)27-12-9-17(10-13-27)32-22(29)19-18-8-7-11-26-21(18)28(20(19)25)16-31-14-15-34(4,5)6/h7-8,11,17H,9-10,12-16,25H2,1-6H3. The Balaban J connectivity index is 1.66. The Kier molecular flexibility index (Phi) is 7.92. The lowest BCUT2D eigenvalue weighted by Gasteiger charge is -2.33. The van der Waals surface area contributed by atoms with Crippen LogP contribution >= 0.6 is 0 Å². The van der Waals surface area contributed by atoms with E-state index in [1.165, 1.54) is 0 Å². The van der Waals surface area contributed by atoms with Gasteiger partial charge in [-0.2, -0.15) is 0 Å². The molecule has 2 N–H and O–H groups in total. The van der Waals surface area contributed by atoms with E-state index in [0.29, 0.717) is 49.1 Å². The Bertz CT molecular complexity index is 1020. The predicted octanol–water partition coefficient (Wildman–Crippen LogP) is 4.49. The van der Waals surface area contributed by atoms with Crippen LogP contribution in [-0.2, 0) is 20.9 Å². The number of pyridine rings is 1. The lowest BCUT2D eigenvalue weighted by molar-refractivity contribution is -0.00325. The molecule has 1 aliphatic rings. The predicted molar refractivity (Wildman–Crippen MR) is 134 cm³/mol. The number of nitrogens with two attached hydrogens (primary N) is 1. The van der Waals surface area contributed by atoms with Crippen molar-refractivity contribution >= 4 is 37.0 Å². The Morgan fingerprint density at radius 1 is 1.21 bits per heavy atom. The van der Waals surface area contributed by atoms with E-state index in [2.05, 4.69) is 24.6 Å². The van der Waals surface area contributed by atoms with Crippen molar-refractivity contribution in [3.63, 3.8) is 0 Å². The summed E-state index contributed by atoms with van der Waals surface area (Å²) in [6.45, 7) is 14.2. The Morgan fingerprint density at radius 2 is 1.88 bits per heavy atom. The zero-order valence-corrected chi connectivity index (χ0v) is 22.2. The molecule has 1 fully saturated rings.